The minimum absolute atomic E-state index is 0.128. The molecule has 0 bridgehead atoms. The zero-order chi connectivity index (χ0) is 17.1. The summed E-state index contributed by atoms with van der Waals surface area (Å²) in [6.07, 6.45) is 0.881. The van der Waals surface area contributed by atoms with Crippen molar-refractivity contribution in [3.8, 4) is 0 Å². The first-order valence-electron chi connectivity index (χ1n) is 7.94. The van der Waals surface area contributed by atoms with Gasteiger partial charge in [-0.3, -0.25) is 4.79 Å². The smallest absolute Gasteiger partial charge is 0.287 e. The van der Waals surface area contributed by atoms with Gasteiger partial charge < -0.3 is 14.2 Å². The van der Waals surface area contributed by atoms with Crippen molar-refractivity contribution in [3.05, 3.63) is 47.4 Å². The summed E-state index contributed by atoms with van der Waals surface area (Å²) in [6, 6.07) is 9.56. The number of fused-ring (bicyclic) bond motifs is 1. The number of nitrogens with one attached hydrogen (secondary N) is 1. The van der Waals surface area contributed by atoms with Crippen molar-refractivity contribution in [1.29, 1.82) is 0 Å². The van der Waals surface area contributed by atoms with Gasteiger partial charge in [0.1, 0.15) is 11.3 Å². The van der Waals surface area contributed by atoms with Crippen LogP contribution in [0.2, 0.25) is 0 Å². The summed E-state index contributed by atoms with van der Waals surface area (Å²) in [5.74, 6) is 1.42. The lowest BCUT2D eigenvalue weighted by Crippen LogP contribution is -2.31. The number of aromatic nitrogens is 1. The van der Waals surface area contributed by atoms with Crippen LogP contribution in [0.3, 0.4) is 0 Å². The van der Waals surface area contributed by atoms with Crippen LogP contribution in [0.4, 0.5) is 0 Å². The highest BCUT2D eigenvalue weighted by atomic mass is 32.2. The maximum absolute atomic E-state index is 12.0. The van der Waals surface area contributed by atoms with Crippen LogP contribution >= 0.6 is 11.8 Å². The molecule has 0 aliphatic rings. The largest absolute Gasteiger partial charge is 0.455 e. The molecule has 0 radical (unpaired) electrons. The average Bonchev–Trinajstić information content (AvgIpc) is 3.18. The van der Waals surface area contributed by atoms with Crippen molar-refractivity contribution in [2.24, 2.45) is 0 Å². The minimum atomic E-state index is -0.182. The third kappa shape index (κ3) is 3.82. The molecule has 1 atom stereocenters. The van der Waals surface area contributed by atoms with Crippen LogP contribution < -0.4 is 5.32 Å². The normalized spacial score (nSPS) is 12.5. The summed E-state index contributed by atoms with van der Waals surface area (Å²) in [5.41, 5.74) is 2.76. The molecule has 2 heterocycles. The third-order valence-corrected chi connectivity index (χ3v) is 4.59. The van der Waals surface area contributed by atoms with Gasteiger partial charge in [0, 0.05) is 6.04 Å². The Labute approximate surface area is 144 Å². The van der Waals surface area contributed by atoms with Gasteiger partial charge in [0.15, 0.2) is 11.3 Å². The molecule has 0 fully saturated rings. The van der Waals surface area contributed by atoms with Gasteiger partial charge in [-0.25, -0.2) is 4.98 Å². The van der Waals surface area contributed by atoms with E-state index in [2.05, 4.69) is 10.3 Å². The van der Waals surface area contributed by atoms with Crippen LogP contribution in [0.25, 0.3) is 11.1 Å². The standard InChI is InChI=1S/C18H20N2O3S/c1-4-12(3)19-17(21)15-8-6-13(22-15)10-24-18-20-14-7-5-11(2)9-16(14)23-18/h5-9,12H,4,10H2,1-3H3,(H,19,21)/t12-/m0/s1. The van der Waals surface area contributed by atoms with Gasteiger partial charge in [0.2, 0.25) is 0 Å². The molecule has 0 spiro atoms. The number of aryl methyl sites for hydroxylation is 1. The SMILES string of the molecule is CC[C@H](C)NC(=O)c1ccc(CSc2nc3ccc(C)cc3o2)o1. The van der Waals surface area contributed by atoms with E-state index in [0.29, 0.717) is 22.5 Å². The summed E-state index contributed by atoms with van der Waals surface area (Å²) in [5, 5.41) is 3.48. The van der Waals surface area contributed by atoms with E-state index in [4.69, 9.17) is 8.83 Å². The number of oxazole rings is 1. The Morgan fingerprint density at radius 3 is 2.92 bits per heavy atom. The molecule has 0 aliphatic heterocycles. The zero-order valence-electron chi connectivity index (χ0n) is 14.0. The first-order valence-corrected chi connectivity index (χ1v) is 8.93. The van der Waals surface area contributed by atoms with Crippen molar-refractivity contribution in [2.75, 3.05) is 0 Å². The predicted octanol–water partition coefficient (Wildman–Crippen LogP) is 4.55. The van der Waals surface area contributed by atoms with E-state index < -0.39 is 0 Å². The molecule has 1 N–H and O–H groups in total. The second-order valence-corrected chi connectivity index (χ2v) is 6.71. The lowest BCUT2D eigenvalue weighted by molar-refractivity contribution is 0.0910. The van der Waals surface area contributed by atoms with Crippen molar-refractivity contribution >= 4 is 28.8 Å². The Kier molecular flexibility index (Phi) is 4.94. The lowest BCUT2D eigenvalue weighted by Gasteiger charge is -2.09. The fourth-order valence-corrected chi connectivity index (χ4v) is 2.91. The second kappa shape index (κ2) is 7.13. The molecule has 0 aliphatic carbocycles. The van der Waals surface area contributed by atoms with E-state index >= 15 is 0 Å². The van der Waals surface area contributed by atoms with Crippen LogP contribution in [-0.4, -0.2) is 16.9 Å². The first-order chi connectivity index (χ1) is 11.5. The van der Waals surface area contributed by atoms with E-state index in [9.17, 15) is 4.79 Å². The third-order valence-electron chi connectivity index (χ3n) is 3.74. The number of nitrogens with zero attached hydrogens (tertiary/aromatic N) is 1. The van der Waals surface area contributed by atoms with Crippen LogP contribution in [0.1, 0.15) is 42.1 Å². The predicted molar refractivity (Wildman–Crippen MR) is 94.2 cm³/mol. The molecule has 6 heteroatoms. The Bertz CT molecular complexity index is 853. The molecular weight excluding hydrogens is 324 g/mol. The average molecular weight is 344 g/mol. The highest BCUT2D eigenvalue weighted by Crippen LogP contribution is 2.27. The van der Waals surface area contributed by atoms with Crippen molar-refractivity contribution in [1.82, 2.24) is 10.3 Å². The molecule has 126 valence electrons. The van der Waals surface area contributed by atoms with Crippen LogP contribution in [0, 0.1) is 6.92 Å². The number of furan rings is 1. The van der Waals surface area contributed by atoms with E-state index in [1.165, 1.54) is 11.8 Å². The van der Waals surface area contributed by atoms with Gasteiger partial charge in [0.05, 0.1) is 5.75 Å². The zero-order valence-corrected chi connectivity index (χ0v) is 14.8. The van der Waals surface area contributed by atoms with Gasteiger partial charge in [-0.15, -0.1) is 0 Å². The molecule has 3 aromatic rings. The Balaban J connectivity index is 1.63. The molecular formula is C18H20N2O3S. The molecule has 3 rings (SSSR count). The summed E-state index contributed by atoms with van der Waals surface area (Å²) in [4.78, 5) is 16.4. The summed E-state index contributed by atoms with van der Waals surface area (Å²) in [6.45, 7) is 6.01. The number of benzene rings is 1. The molecule has 24 heavy (non-hydrogen) atoms. The maximum atomic E-state index is 12.0. The van der Waals surface area contributed by atoms with E-state index in [1.54, 1.807) is 6.07 Å². The summed E-state index contributed by atoms with van der Waals surface area (Å²) in [7, 11) is 0. The van der Waals surface area contributed by atoms with Gasteiger partial charge in [-0.2, -0.15) is 0 Å². The molecule has 1 aromatic carbocycles. The highest BCUT2D eigenvalue weighted by Gasteiger charge is 2.14. The summed E-state index contributed by atoms with van der Waals surface area (Å²) >= 11 is 1.45. The number of hydrogen-bond donors (Lipinski definition) is 1. The topological polar surface area (TPSA) is 68.3 Å². The van der Waals surface area contributed by atoms with E-state index in [1.807, 2.05) is 45.0 Å². The number of thioether (sulfide) groups is 1. The minimum Gasteiger partial charge on any atom is -0.455 e. The molecule has 5 nitrogen and oxygen atoms in total. The quantitative estimate of drug-likeness (QED) is 0.664. The number of rotatable bonds is 6. The van der Waals surface area contributed by atoms with Crippen molar-refractivity contribution in [3.63, 3.8) is 0 Å². The van der Waals surface area contributed by atoms with Crippen LogP contribution in [-0.2, 0) is 5.75 Å². The Morgan fingerprint density at radius 1 is 1.29 bits per heavy atom. The monoisotopic (exact) mass is 344 g/mol. The molecule has 0 saturated carbocycles. The van der Waals surface area contributed by atoms with E-state index in [0.717, 1.165) is 23.1 Å². The Hall–Kier alpha value is -2.21. The number of carbonyl (C=O) groups excluding carboxylic acids is 1. The Morgan fingerprint density at radius 2 is 2.12 bits per heavy atom. The fourth-order valence-electron chi connectivity index (χ4n) is 2.18. The van der Waals surface area contributed by atoms with Gasteiger partial charge >= 0.3 is 0 Å². The highest BCUT2D eigenvalue weighted by molar-refractivity contribution is 7.98. The van der Waals surface area contributed by atoms with Crippen LogP contribution in [0.15, 0.2) is 44.4 Å². The number of amides is 1. The molecule has 0 unspecified atom stereocenters. The first kappa shape index (κ1) is 16.6. The maximum Gasteiger partial charge on any atom is 0.287 e. The van der Waals surface area contributed by atoms with Crippen LogP contribution in [0.5, 0.6) is 0 Å². The number of carbonyl (C=O) groups is 1. The lowest BCUT2D eigenvalue weighted by atomic mass is 10.2. The van der Waals surface area contributed by atoms with Crippen molar-refractivity contribution < 1.29 is 13.6 Å². The number of hydrogen-bond acceptors (Lipinski definition) is 5. The summed E-state index contributed by atoms with van der Waals surface area (Å²) < 4.78 is 11.3. The molecule has 2 aromatic heterocycles. The van der Waals surface area contributed by atoms with Gasteiger partial charge in [-0.05, 0) is 50.1 Å². The fraction of sp³-hybridized carbons (Fsp3) is 0.333. The second-order valence-electron chi connectivity index (χ2n) is 5.79. The molecule has 0 saturated heterocycles. The van der Waals surface area contributed by atoms with E-state index in [-0.39, 0.29) is 11.9 Å². The van der Waals surface area contributed by atoms with Gasteiger partial charge in [0.25, 0.3) is 11.1 Å². The molecule has 1 amide bonds. The van der Waals surface area contributed by atoms with Crippen molar-refractivity contribution in [2.45, 2.75) is 44.2 Å². The van der Waals surface area contributed by atoms with Gasteiger partial charge in [-0.1, -0.05) is 24.8 Å².